The Morgan fingerprint density at radius 1 is 0.969 bits per heavy atom. The maximum absolute atomic E-state index is 13.0. The van der Waals surface area contributed by atoms with Gasteiger partial charge in [0, 0.05) is 14.0 Å². The van der Waals surface area contributed by atoms with Crippen LogP contribution in [-0.2, 0) is 38.0 Å². The first kappa shape index (κ1) is 23.9. The summed E-state index contributed by atoms with van der Waals surface area (Å²) in [5, 5.41) is 0. The van der Waals surface area contributed by atoms with Gasteiger partial charge in [0.25, 0.3) is 10.1 Å². The molecule has 1 saturated heterocycles. The van der Waals surface area contributed by atoms with Gasteiger partial charge in [0.1, 0.15) is 0 Å². The minimum absolute atomic E-state index is 0.0988. The van der Waals surface area contributed by atoms with Gasteiger partial charge in [-0.1, -0.05) is 35.9 Å². The predicted molar refractivity (Wildman–Crippen MR) is 111 cm³/mol. The molecular weight excluding hydrogens is 440 g/mol. The summed E-state index contributed by atoms with van der Waals surface area (Å²) in [4.78, 5) is 24.2. The van der Waals surface area contributed by atoms with Crippen molar-refractivity contribution < 1.29 is 41.1 Å². The van der Waals surface area contributed by atoms with Crippen molar-refractivity contribution in [3.05, 3.63) is 65.7 Å². The second-order valence-corrected chi connectivity index (χ2v) is 8.72. The largest absolute Gasteiger partial charge is 0.457 e. The lowest BCUT2D eigenvalue weighted by atomic mass is 10.0. The highest BCUT2D eigenvalue weighted by atomic mass is 32.2. The fourth-order valence-corrected chi connectivity index (χ4v) is 4.28. The number of aryl methyl sites for hydroxylation is 1. The molecule has 0 N–H and O–H groups in total. The van der Waals surface area contributed by atoms with Crippen LogP contribution < -0.4 is 0 Å². The van der Waals surface area contributed by atoms with Crippen molar-refractivity contribution in [2.45, 2.75) is 43.3 Å². The van der Waals surface area contributed by atoms with Gasteiger partial charge < -0.3 is 18.9 Å². The van der Waals surface area contributed by atoms with Gasteiger partial charge in [-0.3, -0.25) is 8.98 Å². The molecule has 0 unspecified atom stereocenters. The Bertz CT molecular complexity index is 1030. The minimum Gasteiger partial charge on any atom is -0.457 e. The molecule has 1 aliphatic rings. The molecule has 0 saturated carbocycles. The van der Waals surface area contributed by atoms with Gasteiger partial charge in [0.2, 0.25) is 0 Å². The van der Waals surface area contributed by atoms with Crippen molar-refractivity contribution in [3.63, 3.8) is 0 Å². The third-order valence-corrected chi connectivity index (χ3v) is 6.06. The molecule has 1 aliphatic heterocycles. The molecule has 10 heteroatoms. The SMILES string of the molecule is CO[C@H]1OC[C@@H](OC(C)=O)[C@H](OS(=O)(=O)c2ccc(C)cc2)[C@H]1OC(=O)c1ccccc1. The number of methoxy groups -OCH3 is 1. The first-order chi connectivity index (χ1) is 15.2. The van der Waals surface area contributed by atoms with E-state index in [0.29, 0.717) is 0 Å². The van der Waals surface area contributed by atoms with E-state index >= 15 is 0 Å². The van der Waals surface area contributed by atoms with E-state index in [2.05, 4.69) is 0 Å². The zero-order chi connectivity index (χ0) is 23.3. The van der Waals surface area contributed by atoms with Crippen molar-refractivity contribution in [1.29, 1.82) is 0 Å². The van der Waals surface area contributed by atoms with E-state index in [9.17, 15) is 18.0 Å². The zero-order valence-electron chi connectivity index (χ0n) is 17.8. The summed E-state index contributed by atoms with van der Waals surface area (Å²) in [5.41, 5.74) is 1.10. The summed E-state index contributed by atoms with van der Waals surface area (Å²) in [6.07, 6.45) is -5.05. The van der Waals surface area contributed by atoms with Crippen molar-refractivity contribution in [2.75, 3.05) is 13.7 Å². The summed E-state index contributed by atoms with van der Waals surface area (Å²) in [6.45, 7) is 2.76. The lowest BCUT2D eigenvalue weighted by Gasteiger charge is -2.39. The Morgan fingerprint density at radius 2 is 1.62 bits per heavy atom. The van der Waals surface area contributed by atoms with E-state index < -0.39 is 46.7 Å². The number of esters is 2. The Balaban J connectivity index is 1.94. The third-order valence-electron chi connectivity index (χ3n) is 4.73. The van der Waals surface area contributed by atoms with E-state index in [0.717, 1.165) is 5.56 Å². The number of ether oxygens (including phenoxy) is 4. The first-order valence-electron chi connectivity index (χ1n) is 9.79. The molecule has 0 spiro atoms. The quantitative estimate of drug-likeness (QED) is 0.449. The zero-order valence-corrected chi connectivity index (χ0v) is 18.6. The molecule has 1 heterocycles. The number of carbonyl (C=O) groups is 2. The summed E-state index contributed by atoms with van der Waals surface area (Å²) in [7, 11) is -2.99. The monoisotopic (exact) mass is 464 g/mol. The van der Waals surface area contributed by atoms with Crippen molar-refractivity contribution >= 4 is 22.1 Å². The molecule has 3 rings (SSSR count). The molecule has 2 aromatic carbocycles. The third kappa shape index (κ3) is 5.71. The first-order valence-corrected chi connectivity index (χ1v) is 11.2. The van der Waals surface area contributed by atoms with Gasteiger partial charge >= 0.3 is 11.9 Å². The molecule has 172 valence electrons. The van der Waals surface area contributed by atoms with E-state index in [1.54, 1.807) is 30.3 Å². The Kier molecular flexibility index (Phi) is 7.62. The van der Waals surface area contributed by atoms with Crippen LogP contribution in [0.2, 0.25) is 0 Å². The topological polar surface area (TPSA) is 114 Å². The lowest BCUT2D eigenvalue weighted by Crippen LogP contribution is -2.58. The smallest absolute Gasteiger partial charge is 0.338 e. The molecule has 0 aliphatic carbocycles. The van der Waals surface area contributed by atoms with E-state index in [1.807, 2.05) is 6.92 Å². The maximum atomic E-state index is 13.0. The van der Waals surface area contributed by atoms with Crippen LogP contribution in [0.25, 0.3) is 0 Å². The van der Waals surface area contributed by atoms with Gasteiger partial charge in [-0.25, -0.2) is 4.79 Å². The molecule has 2 aromatic rings. The van der Waals surface area contributed by atoms with Crippen molar-refractivity contribution in [3.8, 4) is 0 Å². The van der Waals surface area contributed by atoms with Crippen LogP contribution in [-0.4, -0.2) is 58.7 Å². The minimum atomic E-state index is -4.30. The molecule has 0 bridgehead atoms. The molecule has 9 nitrogen and oxygen atoms in total. The standard InChI is InChI=1S/C22H24O9S/c1-14-9-11-17(12-10-14)32(25,26)31-19-18(29-15(2)23)13-28-22(27-3)20(19)30-21(24)16-7-5-4-6-8-16/h4-12,18-20,22H,13H2,1-3H3/t18-,19+,20-,22+/m1/s1. The maximum Gasteiger partial charge on any atom is 0.338 e. The van der Waals surface area contributed by atoms with Crippen LogP contribution in [0, 0.1) is 6.92 Å². The van der Waals surface area contributed by atoms with Gasteiger partial charge in [0.05, 0.1) is 17.1 Å². The molecule has 1 fully saturated rings. The molecule has 0 aromatic heterocycles. The van der Waals surface area contributed by atoms with Crippen molar-refractivity contribution in [1.82, 2.24) is 0 Å². The van der Waals surface area contributed by atoms with Crippen LogP contribution in [0.15, 0.2) is 59.5 Å². The van der Waals surface area contributed by atoms with Crippen LogP contribution in [0.1, 0.15) is 22.8 Å². The van der Waals surface area contributed by atoms with E-state index in [-0.39, 0.29) is 17.1 Å². The van der Waals surface area contributed by atoms with Gasteiger partial charge in [0.15, 0.2) is 24.6 Å². The second-order valence-electron chi connectivity index (χ2n) is 7.15. The van der Waals surface area contributed by atoms with Gasteiger partial charge in [-0.15, -0.1) is 0 Å². The molecule has 0 amide bonds. The number of benzene rings is 2. The number of hydrogen-bond acceptors (Lipinski definition) is 9. The second kappa shape index (κ2) is 10.2. The van der Waals surface area contributed by atoms with Crippen LogP contribution in [0.5, 0.6) is 0 Å². The Hall–Kier alpha value is -2.79. The summed E-state index contributed by atoms with van der Waals surface area (Å²) < 4.78 is 52.9. The van der Waals surface area contributed by atoms with E-state index in [4.69, 9.17) is 23.1 Å². The fourth-order valence-electron chi connectivity index (χ4n) is 3.17. The molecule has 4 atom stereocenters. The number of hydrogen-bond donors (Lipinski definition) is 0. The van der Waals surface area contributed by atoms with Crippen LogP contribution in [0.3, 0.4) is 0 Å². The highest BCUT2D eigenvalue weighted by molar-refractivity contribution is 7.86. The number of carbonyl (C=O) groups excluding carboxylic acids is 2. The predicted octanol–water partition coefficient (Wildman–Crippen LogP) is 2.23. The normalized spacial score (nSPS) is 23.3. The van der Waals surface area contributed by atoms with Gasteiger partial charge in [-0.05, 0) is 31.2 Å². The van der Waals surface area contributed by atoms with Crippen molar-refractivity contribution in [2.24, 2.45) is 0 Å². The summed E-state index contributed by atoms with van der Waals surface area (Å²) in [5.74, 6) is -1.42. The number of rotatable bonds is 7. The Morgan fingerprint density at radius 3 is 2.22 bits per heavy atom. The fraction of sp³-hybridized carbons (Fsp3) is 0.364. The molecule has 32 heavy (non-hydrogen) atoms. The Labute approximate surface area is 186 Å². The summed E-state index contributed by atoms with van der Waals surface area (Å²) >= 11 is 0. The lowest BCUT2D eigenvalue weighted by molar-refractivity contribution is -0.259. The average Bonchev–Trinajstić information content (AvgIpc) is 2.76. The molecular formula is C22H24O9S. The average molecular weight is 464 g/mol. The summed E-state index contributed by atoms with van der Waals surface area (Å²) in [6, 6.07) is 14.1. The molecule has 0 radical (unpaired) electrons. The highest BCUT2D eigenvalue weighted by Crippen LogP contribution is 2.28. The van der Waals surface area contributed by atoms with Crippen LogP contribution in [0.4, 0.5) is 0 Å². The van der Waals surface area contributed by atoms with Crippen LogP contribution >= 0.6 is 0 Å². The van der Waals surface area contributed by atoms with Gasteiger partial charge in [-0.2, -0.15) is 8.42 Å². The van der Waals surface area contributed by atoms with E-state index in [1.165, 1.54) is 38.3 Å². The highest BCUT2D eigenvalue weighted by Gasteiger charge is 2.48.